The molecule has 2 unspecified atom stereocenters. The Morgan fingerprint density at radius 3 is 2.88 bits per heavy atom. The molecule has 2 heteroatoms. The van der Waals surface area contributed by atoms with Gasteiger partial charge >= 0.3 is 0 Å². The van der Waals surface area contributed by atoms with Gasteiger partial charge in [-0.25, -0.2) is 0 Å². The van der Waals surface area contributed by atoms with Gasteiger partial charge in [-0.2, -0.15) is 0 Å². The van der Waals surface area contributed by atoms with Crippen molar-refractivity contribution in [1.82, 2.24) is 5.32 Å². The monoisotopic (exact) mass is 219 g/mol. The normalized spacial score (nSPS) is 25.6. The van der Waals surface area contributed by atoms with Gasteiger partial charge in [0, 0.05) is 13.2 Å². The van der Waals surface area contributed by atoms with E-state index in [1.54, 1.807) is 0 Å². The van der Waals surface area contributed by atoms with Crippen molar-refractivity contribution in [3.63, 3.8) is 0 Å². The molecule has 1 saturated heterocycles. The third kappa shape index (κ3) is 3.06. The standard InChI is InChI=1S/C14H21NO/c1-15-11-13-8-5-9-16-14(13)10-12-6-3-2-4-7-12/h2-4,6-7,13-15H,5,8-11H2,1H3. The summed E-state index contributed by atoms with van der Waals surface area (Å²) in [6.45, 7) is 2.00. The van der Waals surface area contributed by atoms with Crippen LogP contribution in [0.4, 0.5) is 0 Å². The highest BCUT2D eigenvalue weighted by atomic mass is 16.5. The summed E-state index contributed by atoms with van der Waals surface area (Å²) in [5.74, 6) is 0.666. The first-order chi connectivity index (χ1) is 7.90. The van der Waals surface area contributed by atoms with Gasteiger partial charge in [0.2, 0.25) is 0 Å². The fraction of sp³-hybridized carbons (Fsp3) is 0.571. The number of nitrogens with one attached hydrogen (secondary N) is 1. The summed E-state index contributed by atoms with van der Waals surface area (Å²) in [6.07, 6.45) is 3.94. The number of benzene rings is 1. The van der Waals surface area contributed by atoms with E-state index in [9.17, 15) is 0 Å². The molecule has 0 saturated carbocycles. The minimum atomic E-state index is 0.392. The fourth-order valence-electron chi connectivity index (χ4n) is 2.47. The maximum absolute atomic E-state index is 5.91. The summed E-state index contributed by atoms with van der Waals surface area (Å²) in [5, 5.41) is 3.27. The molecule has 0 radical (unpaired) electrons. The van der Waals surface area contributed by atoms with Crippen LogP contribution in [-0.4, -0.2) is 26.3 Å². The Kier molecular flexibility index (Phi) is 4.37. The molecular formula is C14H21NO. The van der Waals surface area contributed by atoms with Crippen LogP contribution in [-0.2, 0) is 11.2 Å². The number of hydrogen-bond acceptors (Lipinski definition) is 2. The highest BCUT2D eigenvalue weighted by Gasteiger charge is 2.25. The average molecular weight is 219 g/mol. The number of ether oxygens (including phenoxy) is 1. The smallest absolute Gasteiger partial charge is 0.0655 e. The molecule has 0 aromatic heterocycles. The molecule has 1 fully saturated rings. The van der Waals surface area contributed by atoms with Crippen LogP contribution in [0.25, 0.3) is 0 Å². The summed E-state index contributed by atoms with van der Waals surface area (Å²) in [4.78, 5) is 0. The predicted molar refractivity (Wildman–Crippen MR) is 66.5 cm³/mol. The number of rotatable bonds is 4. The molecule has 1 aliphatic heterocycles. The zero-order valence-electron chi connectivity index (χ0n) is 9.99. The molecule has 1 heterocycles. The van der Waals surface area contributed by atoms with Crippen molar-refractivity contribution in [1.29, 1.82) is 0 Å². The minimum Gasteiger partial charge on any atom is -0.378 e. The SMILES string of the molecule is CNCC1CCCOC1Cc1ccccc1. The van der Waals surface area contributed by atoms with Crippen LogP contribution in [0.1, 0.15) is 18.4 Å². The maximum Gasteiger partial charge on any atom is 0.0655 e. The van der Waals surface area contributed by atoms with Crippen LogP contribution < -0.4 is 5.32 Å². The van der Waals surface area contributed by atoms with Gasteiger partial charge in [-0.3, -0.25) is 0 Å². The van der Waals surface area contributed by atoms with E-state index in [1.165, 1.54) is 18.4 Å². The van der Waals surface area contributed by atoms with Crippen LogP contribution >= 0.6 is 0 Å². The summed E-state index contributed by atoms with van der Waals surface area (Å²) >= 11 is 0. The summed E-state index contributed by atoms with van der Waals surface area (Å²) < 4.78 is 5.91. The molecule has 1 N–H and O–H groups in total. The largest absolute Gasteiger partial charge is 0.378 e. The van der Waals surface area contributed by atoms with Gasteiger partial charge in [0.05, 0.1) is 6.10 Å². The average Bonchev–Trinajstić information content (AvgIpc) is 2.33. The van der Waals surface area contributed by atoms with E-state index in [-0.39, 0.29) is 0 Å². The van der Waals surface area contributed by atoms with Crippen LogP contribution in [0.5, 0.6) is 0 Å². The molecule has 16 heavy (non-hydrogen) atoms. The van der Waals surface area contributed by atoms with E-state index in [0.29, 0.717) is 12.0 Å². The van der Waals surface area contributed by atoms with Crippen molar-refractivity contribution in [2.24, 2.45) is 5.92 Å². The van der Waals surface area contributed by atoms with Gasteiger partial charge < -0.3 is 10.1 Å². The maximum atomic E-state index is 5.91. The first-order valence-corrected chi connectivity index (χ1v) is 6.20. The molecule has 0 aliphatic carbocycles. The quantitative estimate of drug-likeness (QED) is 0.838. The Morgan fingerprint density at radius 1 is 1.31 bits per heavy atom. The Balaban J connectivity index is 1.96. The molecule has 0 amide bonds. The van der Waals surface area contributed by atoms with Crippen LogP contribution in [0.3, 0.4) is 0 Å². The molecular weight excluding hydrogens is 198 g/mol. The summed E-state index contributed by atoms with van der Waals surface area (Å²) in [5.41, 5.74) is 1.38. The molecule has 2 rings (SSSR count). The minimum absolute atomic E-state index is 0.392. The second kappa shape index (κ2) is 6.02. The lowest BCUT2D eigenvalue weighted by atomic mass is 9.90. The summed E-state index contributed by atoms with van der Waals surface area (Å²) in [7, 11) is 2.02. The second-order valence-corrected chi connectivity index (χ2v) is 4.56. The Bertz CT molecular complexity index is 297. The predicted octanol–water partition coefficient (Wildman–Crippen LogP) is 2.24. The van der Waals surface area contributed by atoms with E-state index in [4.69, 9.17) is 4.74 Å². The highest BCUT2D eigenvalue weighted by molar-refractivity contribution is 5.15. The van der Waals surface area contributed by atoms with Gasteiger partial charge in [-0.05, 0) is 37.8 Å². The first-order valence-electron chi connectivity index (χ1n) is 6.20. The molecule has 88 valence electrons. The lowest BCUT2D eigenvalue weighted by Crippen LogP contribution is -2.37. The van der Waals surface area contributed by atoms with Crippen LogP contribution in [0.15, 0.2) is 30.3 Å². The van der Waals surface area contributed by atoms with Crippen molar-refractivity contribution in [2.45, 2.75) is 25.4 Å². The highest BCUT2D eigenvalue weighted by Crippen LogP contribution is 2.23. The summed E-state index contributed by atoms with van der Waals surface area (Å²) in [6, 6.07) is 10.6. The van der Waals surface area contributed by atoms with Gasteiger partial charge in [0.25, 0.3) is 0 Å². The molecule has 1 aliphatic rings. The lowest BCUT2D eigenvalue weighted by molar-refractivity contribution is -0.0244. The lowest BCUT2D eigenvalue weighted by Gasteiger charge is -2.31. The van der Waals surface area contributed by atoms with Crippen molar-refractivity contribution >= 4 is 0 Å². The Hall–Kier alpha value is -0.860. The first kappa shape index (κ1) is 11.6. The van der Waals surface area contributed by atoms with Gasteiger partial charge in [0.15, 0.2) is 0 Å². The van der Waals surface area contributed by atoms with Crippen molar-refractivity contribution in [3.8, 4) is 0 Å². The van der Waals surface area contributed by atoms with E-state index < -0.39 is 0 Å². The topological polar surface area (TPSA) is 21.3 Å². The van der Waals surface area contributed by atoms with Crippen LogP contribution in [0, 0.1) is 5.92 Å². The zero-order chi connectivity index (χ0) is 11.2. The molecule has 2 nitrogen and oxygen atoms in total. The van der Waals surface area contributed by atoms with Gasteiger partial charge in [-0.15, -0.1) is 0 Å². The van der Waals surface area contributed by atoms with Crippen LogP contribution in [0.2, 0.25) is 0 Å². The second-order valence-electron chi connectivity index (χ2n) is 4.56. The van der Waals surface area contributed by atoms with Crippen molar-refractivity contribution in [2.75, 3.05) is 20.2 Å². The third-order valence-corrected chi connectivity index (χ3v) is 3.32. The number of hydrogen-bond donors (Lipinski definition) is 1. The molecule has 1 aromatic carbocycles. The molecule has 2 atom stereocenters. The third-order valence-electron chi connectivity index (χ3n) is 3.32. The molecule has 0 spiro atoms. The Morgan fingerprint density at radius 2 is 2.12 bits per heavy atom. The van der Waals surface area contributed by atoms with Crippen molar-refractivity contribution in [3.05, 3.63) is 35.9 Å². The van der Waals surface area contributed by atoms with E-state index in [0.717, 1.165) is 19.6 Å². The van der Waals surface area contributed by atoms with E-state index >= 15 is 0 Å². The van der Waals surface area contributed by atoms with E-state index in [1.807, 2.05) is 7.05 Å². The van der Waals surface area contributed by atoms with E-state index in [2.05, 4.69) is 35.6 Å². The Labute approximate surface area is 98.0 Å². The fourth-order valence-corrected chi connectivity index (χ4v) is 2.47. The molecule has 1 aromatic rings. The zero-order valence-corrected chi connectivity index (χ0v) is 9.99. The van der Waals surface area contributed by atoms with Gasteiger partial charge in [0.1, 0.15) is 0 Å². The molecule has 0 bridgehead atoms. The van der Waals surface area contributed by atoms with Crippen molar-refractivity contribution < 1.29 is 4.74 Å². The van der Waals surface area contributed by atoms with Gasteiger partial charge in [-0.1, -0.05) is 30.3 Å².